The molecule has 0 fully saturated rings. The Bertz CT molecular complexity index is 1090. The van der Waals surface area contributed by atoms with Crippen molar-refractivity contribution in [1.82, 2.24) is 4.98 Å². The fourth-order valence-corrected chi connectivity index (χ4v) is 2.83. The van der Waals surface area contributed by atoms with E-state index in [1.807, 2.05) is 60.7 Å². The Morgan fingerprint density at radius 3 is 2.38 bits per heavy atom. The van der Waals surface area contributed by atoms with Crippen molar-refractivity contribution >= 4 is 22.5 Å². The first-order valence-electron chi connectivity index (χ1n) is 8.23. The van der Waals surface area contributed by atoms with Crippen LogP contribution in [-0.2, 0) is 0 Å². The number of halogens is 1. The summed E-state index contributed by atoms with van der Waals surface area (Å²) in [5, 5.41) is 3.95. The first-order valence-corrected chi connectivity index (χ1v) is 8.23. The molecule has 0 saturated heterocycles. The van der Waals surface area contributed by atoms with Crippen molar-refractivity contribution in [2.75, 3.05) is 5.32 Å². The predicted octanol–water partition coefficient (Wildman–Crippen LogP) is 5.29. The number of anilines is 1. The summed E-state index contributed by atoms with van der Waals surface area (Å²) in [4.78, 5) is 17.2. The molecule has 0 spiro atoms. The molecule has 1 amide bonds. The molecule has 0 bridgehead atoms. The van der Waals surface area contributed by atoms with E-state index in [1.54, 1.807) is 0 Å². The standard InChI is InChI=1S/C22H15FN2O/c23-17-12-9-16(10-13-17)22(26)25-20-8-4-2-6-18(20)21-14-11-15-5-1-3-7-19(15)24-21/h1-14H,(H,25,26). The van der Waals surface area contributed by atoms with Crippen LogP contribution in [0.2, 0.25) is 0 Å². The molecule has 1 heterocycles. The van der Waals surface area contributed by atoms with Crippen LogP contribution in [-0.4, -0.2) is 10.9 Å². The summed E-state index contributed by atoms with van der Waals surface area (Å²) in [6.07, 6.45) is 0. The highest BCUT2D eigenvalue weighted by molar-refractivity contribution is 6.06. The third-order valence-electron chi connectivity index (χ3n) is 4.16. The summed E-state index contributed by atoms with van der Waals surface area (Å²) in [5.74, 6) is -0.666. The largest absolute Gasteiger partial charge is 0.321 e. The number of nitrogens with zero attached hydrogens (tertiary/aromatic N) is 1. The topological polar surface area (TPSA) is 42.0 Å². The maximum absolute atomic E-state index is 13.1. The molecule has 4 rings (SSSR count). The van der Waals surface area contributed by atoms with Crippen LogP contribution < -0.4 is 5.32 Å². The maximum Gasteiger partial charge on any atom is 0.255 e. The fraction of sp³-hybridized carbons (Fsp3) is 0. The molecule has 1 N–H and O–H groups in total. The normalized spacial score (nSPS) is 10.7. The Labute approximate surface area is 150 Å². The Morgan fingerprint density at radius 1 is 0.808 bits per heavy atom. The van der Waals surface area contributed by atoms with Crippen molar-refractivity contribution in [2.24, 2.45) is 0 Å². The summed E-state index contributed by atoms with van der Waals surface area (Å²) >= 11 is 0. The van der Waals surface area contributed by atoms with Crippen molar-refractivity contribution in [3.63, 3.8) is 0 Å². The molecule has 0 saturated carbocycles. The number of benzene rings is 3. The lowest BCUT2D eigenvalue weighted by Gasteiger charge is -2.11. The molecule has 4 heteroatoms. The molecular formula is C22H15FN2O. The monoisotopic (exact) mass is 342 g/mol. The van der Waals surface area contributed by atoms with Crippen molar-refractivity contribution in [3.05, 3.63) is 96.3 Å². The lowest BCUT2D eigenvalue weighted by atomic mass is 10.1. The van der Waals surface area contributed by atoms with Crippen molar-refractivity contribution in [3.8, 4) is 11.3 Å². The first-order chi connectivity index (χ1) is 12.7. The zero-order valence-electron chi connectivity index (χ0n) is 13.8. The van der Waals surface area contributed by atoms with Gasteiger partial charge < -0.3 is 5.32 Å². The van der Waals surface area contributed by atoms with Gasteiger partial charge in [-0.3, -0.25) is 4.79 Å². The molecule has 3 nitrogen and oxygen atoms in total. The number of amides is 1. The molecule has 126 valence electrons. The van der Waals surface area contributed by atoms with Gasteiger partial charge in [-0.1, -0.05) is 42.5 Å². The molecule has 0 unspecified atom stereocenters. The summed E-state index contributed by atoms with van der Waals surface area (Å²) < 4.78 is 13.1. The number of pyridine rings is 1. The minimum atomic E-state index is -0.373. The van der Waals surface area contributed by atoms with E-state index in [4.69, 9.17) is 4.98 Å². The third kappa shape index (κ3) is 3.17. The zero-order chi connectivity index (χ0) is 17.9. The van der Waals surface area contributed by atoms with E-state index in [9.17, 15) is 9.18 Å². The van der Waals surface area contributed by atoms with E-state index in [1.165, 1.54) is 24.3 Å². The lowest BCUT2D eigenvalue weighted by Crippen LogP contribution is -2.12. The molecule has 1 aromatic heterocycles. The predicted molar refractivity (Wildman–Crippen MR) is 102 cm³/mol. The second kappa shape index (κ2) is 6.76. The van der Waals surface area contributed by atoms with E-state index in [2.05, 4.69) is 5.32 Å². The quantitative estimate of drug-likeness (QED) is 0.549. The lowest BCUT2D eigenvalue weighted by molar-refractivity contribution is 0.102. The zero-order valence-corrected chi connectivity index (χ0v) is 13.8. The van der Waals surface area contributed by atoms with Crippen LogP contribution in [0.5, 0.6) is 0 Å². The fourth-order valence-electron chi connectivity index (χ4n) is 2.83. The minimum Gasteiger partial charge on any atom is -0.321 e. The second-order valence-corrected chi connectivity index (χ2v) is 5.90. The number of fused-ring (bicyclic) bond motifs is 1. The number of nitrogens with one attached hydrogen (secondary N) is 1. The summed E-state index contributed by atoms with van der Waals surface area (Å²) in [5.41, 5.74) is 3.55. The molecule has 0 atom stereocenters. The highest BCUT2D eigenvalue weighted by atomic mass is 19.1. The number of carbonyl (C=O) groups is 1. The molecule has 0 aliphatic heterocycles. The van der Waals surface area contributed by atoms with Crippen LogP contribution in [0.4, 0.5) is 10.1 Å². The SMILES string of the molecule is O=C(Nc1ccccc1-c1ccc2ccccc2n1)c1ccc(F)cc1. The third-order valence-corrected chi connectivity index (χ3v) is 4.16. The maximum atomic E-state index is 13.1. The van der Waals surface area contributed by atoms with Gasteiger partial charge in [0.2, 0.25) is 0 Å². The van der Waals surface area contributed by atoms with Gasteiger partial charge in [-0.15, -0.1) is 0 Å². The highest BCUT2D eigenvalue weighted by Gasteiger charge is 2.11. The molecular weight excluding hydrogens is 327 g/mol. The van der Waals surface area contributed by atoms with E-state index in [-0.39, 0.29) is 11.7 Å². The van der Waals surface area contributed by atoms with Crippen LogP contribution in [0.3, 0.4) is 0 Å². The summed E-state index contributed by atoms with van der Waals surface area (Å²) in [6, 6.07) is 24.8. The smallest absolute Gasteiger partial charge is 0.255 e. The van der Waals surface area contributed by atoms with E-state index < -0.39 is 0 Å². The average Bonchev–Trinajstić information content (AvgIpc) is 2.68. The Kier molecular flexibility index (Phi) is 4.15. The first kappa shape index (κ1) is 16.0. The molecule has 4 aromatic rings. The van der Waals surface area contributed by atoms with Gasteiger partial charge >= 0.3 is 0 Å². The number of hydrogen-bond donors (Lipinski definition) is 1. The molecule has 0 radical (unpaired) electrons. The van der Waals surface area contributed by atoms with Gasteiger partial charge in [0, 0.05) is 16.5 Å². The molecule has 0 aliphatic carbocycles. The molecule has 26 heavy (non-hydrogen) atoms. The van der Waals surface area contributed by atoms with Crippen LogP contribution >= 0.6 is 0 Å². The van der Waals surface area contributed by atoms with Crippen LogP contribution in [0.15, 0.2) is 84.9 Å². The number of hydrogen-bond acceptors (Lipinski definition) is 2. The summed E-state index contributed by atoms with van der Waals surface area (Å²) in [7, 11) is 0. The van der Waals surface area contributed by atoms with E-state index in [0.717, 1.165) is 22.2 Å². The number of aromatic nitrogens is 1. The highest BCUT2D eigenvalue weighted by Crippen LogP contribution is 2.28. The van der Waals surface area contributed by atoms with Crippen LogP contribution in [0.1, 0.15) is 10.4 Å². The number of para-hydroxylation sites is 2. The van der Waals surface area contributed by atoms with Crippen molar-refractivity contribution < 1.29 is 9.18 Å². The number of rotatable bonds is 3. The van der Waals surface area contributed by atoms with Gasteiger partial charge in [-0.05, 0) is 42.5 Å². The van der Waals surface area contributed by atoms with Gasteiger partial charge in [-0.2, -0.15) is 0 Å². The molecule has 3 aromatic carbocycles. The van der Waals surface area contributed by atoms with Crippen LogP contribution in [0, 0.1) is 5.82 Å². The average molecular weight is 342 g/mol. The van der Waals surface area contributed by atoms with Crippen molar-refractivity contribution in [2.45, 2.75) is 0 Å². The van der Waals surface area contributed by atoms with Gasteiger partial charge in [0.1, 0.15) is 5.82 Å². The van der Waals surface area contributed by atoms with E-state index >= 15 is 0 Å². The van der Waals surface area contributed by atoms with Gasteiger partial charge in [-0.25, -0.2) is 9.37 Å². The van der Waals surface area contributed by atoms with Crippen LogP contribution in [0.25, 0.3) is 22.2 Å². The minimum absolute atomic E-state index is 0.293. The van der Waals surface area contributed by atoms with Crippen molar-refractivity contribution in [1.29, 1.82) is 0 Å². The number of carbonyl (C=O) groups excluding carboxylic acids is 1. The summed E-state index contributed by atoms with van der Waals surface area (Å²) in [6.45, 7) is 0. The van der Waals surface area contributed by atoms with Gasteiger partial charge in [0.15, 0.2) is 0 Å². The van der Waals surface area contributed by atoms with Gasteiger partial charge in [0.25, 0.3) is 5.91 Å². The Balaban J connectivity index is 1.69. The second-order valence-electron chi connectivity index (χ2n) is 5.90. The molecule has 0 aliphatic rings. The van der Waals surface area contributed by atoms with E-state index in [0.29, 0.717) is 11.3 Å². The Morgan fingerprint density at radius 2 is 1.54 bits per heavy atom. The van der Waals surface area contributed by atoms with Gasteiger partial charge in [0.05, 0.1) is 16.9 Å². The Hall–Kier alpha value is -3.53.